The van der Waals surface area contributed by atoms with E-state index in [0.29, 0.717) is 5.56 Å². The number of rotatable bonds is 4. The quantitative estimate of drug-likeness (QED) is 0.203. The number of imide groups is 1. The van der Waals surface area contributed by atoms with E-state index in [2.05, 4.69) is 6.58 Å². The van der Waals surface area contributed by atoms with E-state index in [1.807, 2.05) is 0 Å². The van der Waals surface area contributed by atoms with Crippen LogP contribution in [0.25, 0.3) is 0 Å². The van der Waals surface area contributed by atoms with Crippen molar-refractivity contribution in [1.82, 2.24) is 4.90 Å². The van der Waals surface area contributed by atoms with Crippen LogP contribution in [-0.4, -0.2) is 29.8 Å². The van der Waals surface area contributed by atoms with Gasteiger partial charge >= 0.3 is 5.97 Å². The molecule has 1 aliphatic rings. The van der Waals surface area contributed by atoms with Crippen molar-refractivity contribution >= 4 is 64.2 Å². The molecule has 2 aromatic carbocycles. The second kappa shape index (κ2) is 7.76. The molecule has 0 fully saturated rings. The number of hydrogen-bond acceptors (Lipinski definition) is 4. The molecule has 0 aliphatic carbocycles. The predicted octanol–water partition coefficient (Wildman–Crippen LogP) is 5.37. The first-order valence-corrected chi connectivity index (χ1v) is 9.29. The zero-order valence-electron chi connectivity index (χ0n) is 14.3. The molecule has 2 amide bonds. The first kappa shape index (κ1) is 20.7. The summed E-state index contributed by atoms with van der Waals surface area (Å²) in [4.78, 5) is 39.3. The Morgan fingerprint density at radius 1 is 0.929 bits per heavy atom. The summed E-state index contributed by atoms with van der Waals surface area (Å²) in [6.45, 7) is 3.72. The molecule has 0 bridgehead atoms. The number of nitrogens with zero attached hydrogens (tertiary/aromatic N) is 1. The molecule has 9 heteroatoms. The Balaban J connectivity index is 2.23. The normalized spacial score (nSPS) is 14.1. The van der Waals surface area contributed by atoms with E-state index in [9.17, 15) is 14.4 Å². The fraction of sp³-hybridized carbons (Fsp3) is 0.105. The molecule has 0 unspecified atom stereocenters. The number of halogens is 4. The summed E-state index contributed by atoms with van der Waals surface area (Å²) in [7, 11) is 1.17. The maximum Gasteiger partial charge on any atom is 0.335 e. The number of fused-ring (bicyclic) bond motifs is 1. The van der Waals surface area contributed by atoms with Crippen LogP contribution in [0.5, 0.6) is 0 Å². The van der Waals surface area contributed by atoms with Crippen LogP contribution in [0.15, 0.2) is 42.5 Å². The Labute approximate surface area is 180 Å². The number of hydrogen-bond donors (Lipinski definition) is 0. The smallest absolute Gasteiger partial charge is 0.335 e. The number of esters is 1. The first-order valence-electron chi connectivity index (χ1n) is 7.78. The van der Waals surface area contributed by atoms with E-state index in [1.54, 1.807) is 30.3 Å². The molecule has 1 heterocycles. The molecule has 0 spiro atoms. The number of carbonyl (C=O) groups excluding carboxylic acids is 3. The van der Waals surface area contributed by atoms with Crippen molar-refractivity contribution in [2.45, 2.75) is 6.04 Å². The predicted molar refractivity (Wildman–Crippen MR) is 107 cm³/mol. The van der Waals surface area contributed by atoms with Gasteiger partial charge in [0.05, 0.1) is 49.9 Å². The average Bonchev–Trinajstić information content (AvgIpc) is 2.96. The van der Waals surface area contributed by atoms with E-state index in [0.717, 1.165) is 4.90 Å². The molecule has 0 radical (unpaired) electrons. The van der Waals surface area contributed by atoms with Gasteiger partial charge in [0.1, 0.15) is 0 Å². The van der Waals surface area contributed by atoms with Crippen LogP contribution < -0.4 is 0 Å². The highest BCUT2D eigenvalue weighted by Crippen LogP contribution is 2.47. The number of benzene rings is 2. The molecule has 0 saturated carbocycles. The standard InChI is InChI=1S/C19H11Cl4NO4/c1-8(19(27)28-2)16(9-6-4-3-5-7-9)24-17(25)10-11(18(24)26)13(21)15(23)14(22)12(10)20/h3-7,16H,1H2,2H3/t16-/m0/s1. The summed E-state index contributed by atoms with van der Waals surface area (Å²) >= 11 is 24.4. The highest BCUT2D eigenvalue weighted by atomic mass is 35.5. The van der Waals surface area contributed by atoms with Gasteiger partial charge in [0, 0.05) is 0 Å². The van der Waals surface area contributed by atoms with E-state index >= 15 is 0 Å². The van der Waals surface area contributed by atoms with Crippen molar-refractivity contribution in [2.24, 2.45) is 0 Å². The third-order valence-electron chi connectivity index (χ3n) is 4.28. The van der Waals surface area contributed by atoms with Crippen LogP contribution in [0.1, 0.15) is 32.3 Å². The topological polar surface area (TPSA) is 63.7 Å². The molecule has 0 aromatic heterocycles. The summed E-state index contributed by atoms with van der Waals surface area (Å²) in [6, 6.07) is 7.29. The van der Waals surface area contributed by atoms with Gasteiger partial charge in [-0.05, 0) is 5.56 Å². The Hall–Kier alpha value is -2.05. The summed E-state index contributed by atoms with van der Waals surface area (Å²) in [6.07, 6.45) is 0. The van der Waals surface area contributed by atoms with Crippen LogP contribution in [0.2, 0.25) is 20.1 Å². The van der Waals surface area contributed by atoms with E-state index < -0.39 is 23.8 Å². The molecule has 2 aromatic rings. The number of ether oxygens (including phenoxy) is 1. The molecule has 0 N–H and O–H groups in total. The van der Waals surface area contributed by atoms with Crippen molar-refractivity contribution < 1.29 is 19.1 Å². The molecule has 144 valence electrons. The lowest BCUT2D eigenvalue weighted by atomic mass is 9.98. The summed E-state index contributed by atoms with van der Waals surface area (Å²) in [5, 5.41) is -0.666. The van der Waals surface area contributed by atoms with Gasteiger partial charge in [-0.25, -0.2) is 4.79 Å². The lowest BCUT2D eigenvalue weighted by molar-refractivity contribution is -0.136. The second-order valence-electron chi connectivity index (χ2n) is 5.82. The van der Waals surface area contributed by atoms with Crippen LogP contribution in [-0.2, 0) is 9.53 Å². The zero-order valence-corrected chi connectivity index (χ0v) is 17.3. The Morgan fingerprint density at radius 3 is 1.82 bits per heavy atom. The maximum absolute atomic E-state index is 13.1. The minimum atomic E-state index is -1.13. The molecule has 1 aliphatic heterocycles. The van der Waals surface area contributed by atoms with Crippen LogP contribution in [0.4, 0.5) is 0 Å². The highest BCUT2D eigenvalue weighted by molar-refractivity contribution is 6.55. The third-order valence-corrected chi connectivity index (χ3v) is 6.09. The lowest BCUT2D eigenvalue weighted by Gasteiger charge is -2.27. The number of amides is 2. The third kappa shape index (κ3) is 3.08. The largest absolute Gasteiger partial charge is 0.466 e. The van der Waals surface area contributed by atoms with Gasteiger partial charge in [0.25, 0.3) is 11.8 Å². The summed E-state index contributed by atoms with van der Waals surface area (Å²) in [5.74, 6) is -2.33. The average molecular weight is 459 g/mol. The van der Waals surface area contributed by atoms with Gasteiger partial charge in [-0.1, -0.05) is 83.3 Å². The zero-order chi connectivity index (χ0) is 20.7. The molecule has 28 heavy (non-hydrogen) atoms. The SMILES string of the molecule is C=C(C(=O)OC)[C@@H](c1ccccc1)N1C(=O)c2c(Cl)c(Cl)c(Cl)c(Cl)c2C1=O. The fourth-order valence-corrected chi connectivity index (χ4v) is 4.00. The molecule has 0 saturated heterocycles. The van der Waals surface area contributed by atoms with Crippen molar-refractivity contribution in [1.29, 1.82) is 0 Å². The van der Waals surface area contributed by atoms with Gasteiger partial charge in [-0.15, -0.1) is 0 Å². The Morgan fingerprint density at radius 2 is 1.39 bits per heavy atom. The number of carbonyl (C=O) groups is 3. The van der Waals surface area contributed by atoms with Crippen LogP contribution in [0.3, 0.4) is 0 Å². The van der Waals surface area contributed by atoms with Gasteiger partial charge in [-0.2, -0.15) is 0 Å². The second-order valence-corrected chi connectivity index (χ2v) is 7.33. The lowest BCUT2D eigenvalue weighted by Crippen LogP contribution is -2.36. The molecule has 5 nitrogen and oxygen atoms in total. The van der Waals surface area contributed by atoms with Crippen LogP contribution in [0, 0.1) is 0 Å². The molecular formula is C19H11Cl4NO4. The maximum atomic E-state index is 13.1. The number of methoxy groups -OCH3 is 1. The highest BCUT2D eigenvalue weighted by Gasteiger charge is 2.46. The van der Waals surface area contributed by atoms with Crippen molar-refractivity contribution in [3.05, 3.63) is 79.3 Å². The van der Waals surface area contributed by atoms with Crippen molar-refractivity contribution in [3.63, 3.8) is 0 Å². The monoisotopic (exact) mass is 457 g/mol. The Kier molecular flexibility index (Phi) is 5.73. The van der Waals surface area contributed by atoms with Crippen LogP contribution >= 0.6 is 46.4 Å². The minimum Gasteiger partial charge on any atom is -0.466 e. The minimum absolute atomic E-state index is 0.118. The first-order chi connectivity index (χ1) is 13.2. The molecule has 3 rings (SSSR count). The molecule has 1 atom stereocenters. The summed E-state index contributed by atoms with van der Waals surface area (Å²) < 4.78 is 4.73. The Bertz CT molecular complexity index is 989. The molecular weight excluding hydrogens is 448 g/mol. The van der Waals surface area contributed by atoms with Gasteiger partial charge in [0.2, 0.25) is 0 Å². The van der Waals surface area contributed by atoms with Crippen molar-refractivity contribution in [3.8, 4) is 0 Å². The van der Waals surface area contributed by atoms with E-state index in [-0.39, 0.29) is 36.8 Å². The fourth-order valence-electron chi connectivity index (χ4n) is 2.99. The van der Waals surface area contributed by atoms with Gasteiger partial charge in [0.15, 0.2) is 0 Å². The van der Waals surface area contributed by atoms with Gasteiger partial charge in [-0.3, -0.25) is 14.5 Å². The van der Waals surface area contributed by atoms with Crippen molar-refractivity contribution in [2.75, 3.05) is 7.11 Å². The van der Waals surface area contributed by atoms with E-state index in [4.69, 9.17) is 51.1 Å². The van der Waals surface area contributed by atoms with E-state index in [1.165, 1.54) is 7.11 Å². The van der Waals surface area contributed by atoms with Gasteiger partial charge < -0.3 is 4.74 Å². The summed E-state index contributed by atoms with van der Waals surface area (Å²) in [5.41, 5.74) is -0.00110.